The quantitative estimate of drug-likeness (QED) is 0.327. The lowest BCUT2D eigenvalue weighted by molar-refractivity contribution is -0.133. The van der Waals surface area contributed by atoms with E-state index in [9.17, 15) is 9.59 Å². The number of methoxy groups -OCH3 is 1. The van der Waals surface area contributed by atoms with Gasteiger partial charge in [-0.15, -0.1) is 11.3 Å². The zero-order valence-corrected chi connectivity index (χ0v) is 22.7. The summed E-state index contributed by atoms with van der Waals surface area (Å²) >= 11 is 7.86. The first-order valence-electron chi connectivity index (χ1n) is 12.4. The van der Waals surface area contributed by atoms with Gasteiger partial charge < -0.3 is 24.6 Å². The molecule has 0 spiro atoms. The fraction of sp³-hybridized carbons (Fsp3) is 0.357. The minimum Gasteiger partial charge on any atom is -0.495 e. The predicted molar refractivity (Wildman–Crippen MR) is 148 cm³/mol. The Morgan fingerprint density at radius 3 is 2.70 bits per heavy atom. The lowest BCUT2D eigenvalue weighted by atomic mass is 9.93. The second kappa shape index (κ2) is 12.9. The van der Waals surface area contributed by atoms with Crippen molar-refractivity contribution in [1.82, 2.24) is 9.80 Å². The number of thiophene rings is 1. The minimum atomic E-state index is -0.356. The van der Waals surface area contributed by atoms with Gasteiger partial charge in [-0.25, -0.2) is 4.79 Å². The molecule has 3 amide bonds. The van der Waals surface area contributed by atoms with E-state index in [-0.39, 0.29) is 24.5 Å². The highest BCUT2D eigenvalue weighted by Crippen LogP contribution is 2.38. The standard InChI is InChI=1S/C28H32ClN3O4S/c1-3-36-17-6-15-31(28(34)30-23-7-4-5-8-24(23)35-2)19-26(33)32-16-13-25-22(14-18-37-25)27(32)20-9-11-21(29)12-10-20/h4-5,7-12,14,18,27H,3,6,13,15-17,19H2,1-2H3,(H,30,34). The number of benzene rings is 2. The van der Waals surface area contributed by atoms with Gasteiger partial charge in [0.1, 0.15) is 12.3 Å². The third kappa shape index (κ3) is 6.63. The SMILES string of the molecule is CCOCCCN(CC(=O)N1CCc2sccc2C1c1ccc(Cl)cc1)C(=O)Nc1ccccc1OC. The summed E-state index contributed by atoms with van der Waals surface area (Å²) in [4.78, 5) is 31.8. The largest absolute Gasteiger partial charge is 0.495 e. The molecule has 0 aliphatic carbocycles. The molecule has 196 valence electrons. The predicted octanol–water partition coefficient (Wildman–Crippen LogP) is 5.84. The van der Waals surface area contributed by atoms with E-state index >= 15 is 0 Å². The molecule has 1 aliphatic heterocycles. The monoisotopic (exact) mass is 541 g/mol. The van der Waals surface area contributed by atoms with E-state index in [1.807, 2.05) is 48.2 Å². The molecule has 4 rings (SSSR count). The Hall–Kier alpha value is -3.07. The van der Waals surface area contributed by atoms with Gasteiger partial charge in [0.05, 0.1) is 18.8 Å². The van der Waals surface area contributed by atoms with Crippen LogP contribution in [0.2, 0.25) is 5.02 Å². The number of nitrogens with one attached hydrogen (secondary N) is 1. The van der Waals surface area contributed by atoms with Crippen LogP contribution in [0.15, 0.2) is 60.0 Å². The van der Waals surface area contributed by atoms with Crippen LogP contribution >= 0.6 is 22.9 Å². The summed E-state index contributed by atoms with van der Waals surface area (Å²) in [6.07, 6.45) is 1.41. The Kier molecular flexibility index (Phi) is 9.44. The maximum Gasteiger partial charge on any atom is 0.322 e. The van der Waals surface area contributed by atoms with Crippen LogP contribution in [-0.2, 0) is 16.0 Å². The summed E-state index contributed by atoms with van der Waals surface area (Å²) in [6, 6.07) is 16.4. The molecule has 3 aromatic rings. The van der Waals surface area contributed by atoms with Crippen molar-refractivity contribution in [3.8, 4) is 5.75 Å². The van der Waals surface area contributed by atoms with Crippen LogP contribution in [0.5, 0.6) is 5.75 Å². The van der Waals surface area contributed by atoms with Crippen LogP contribution in [-0.4, -0.2) is 61.7 Å². The second-order valence-corrected chi connectivity index (χ2v) is 10.1. The topological polar surface area (TPSA) is 71.1 Å². The van der Waals surface area contributed by atoms with Gasteiger partial charge >= 0.3 is 6.03 Å². The third-order valence-corrected chi connectivity index (χ3v) is 7.60. The van der Waals surface area contributed by atoms with Crippen molar-refractivity contribution in [2.24, 2.45) is 0 Å². The van der Waals surface area contributed by atoms with E-state index in [2.05, 4.69) is 16.8 Å². The van der Waals surface area contributed by atoms with Crippen LogP contribution in [0.3, 0.4) is 0 Å². The molecule has 2 aromatic carbocycles. The molecule has 0 bridgehead atoms. The molecule has 0 fully saturated rings. The molecule has 2 heterocycles. The van der Waals surface area contributed by atoms with E-state index in [4.69, 9.17) is 21.1 Å². The number of para-hydroxylation sites is 2. The lowest BCUT2D eigenvalue weighted by Crippen LogP contribution is -2.48. The minimum absolute atomic E-state index is 0.0450. The molecule has 0 saturated heterocycles. The van der Waals surface area contributed by atoms with Gasteiger partial charge in [-0.1, -0.05) is 35.9 Å². The number of ether oxygens (including phenoxy) is 2. The first-order chi connectivity index (χ1) is 18.0. The number of nitrogens with zero attached hydrogens (tertiary/aromatic N) is 2. The number of anilines is 1. The zero-order valence-electron chi connectivity index (χ0n) is 21.1. The number of rotatable bonds is 10. The van der Waals surface area contributed by atoms with Crippen LogP contribution in [0.25, 0.3) is 0 Å². The summed E-state index contributed by atoms with van der Waals surface area (Å²) in [5.74, 6) is 0.448. The average molecular weight is 542 g/mol. The highest BCUT2D eigenvalue weighted by atomic mass is 35.5. The summed E-state index contributed by atoms with van der Waals surface area (Å²) in [6.45, 7) is 3.97. The van der Waals surface area contributed by atoms with Crippen molar-refractivity contribution in [1.29, 1.82) is 0 Å². The zero-order chi connectivity index (χ0) is 26.2. The Labute approximate surface area is 226 Å². The number of halogens is 1. The maximum absolute atomic E-state index is 13.8. The van der Waals surface area contributed by atoms with Gasteiger partial charge in [-0.2, -0.15) is 0 Å². The molecule has 37 heavy (non-hydrogen) atoms. The van der Waals surface area contributed by atoms with Crippen molar-refractivity contribution in [2.75, 3.05) is 45.3 Å². The van der Waals surface area contributed by atoms with Crippen LogP contribution in [0.1, 0.15) is 35.4 Å². The molecule has 1 N–H and O–H groups in total. The van der Waals surface area contributed by atoms with Gasteiger partial charge in [0, 0.05) is 36.2 Å². The molecule has 1 aromatic heterocycles. The van der Waals surface area contributed by atoms with Crippen molar-refractivity contribution < 1.29 is 19.1 Å². The molecule has 0 radical (unpaired) electrons. The first kappa shape index (κ1) is 27.0. The van der Waals surface area contributed by atoms with E-state index in [0.29, 0.717) is 49.2 Å². The third-order valence-electron chi connectivity index (χ3n) is 6.35. The van der Waals surface area contributed by atoms with Crippen molar-refractivity contribution >= 4 is 40.6 Å². The van der Waals surface area contributed by atoms with Crippen molar-refractivity contribution in [3.63, 3.8) is 0 Å². The van der Waals surface area contributed by atoms with E-state index in [0.717, 1.165) is 17.5 Å². The Morgan fingerprint density at radius 2 is 1.95 bits per heavy atom. The molecular weight excluding hydrogens is 510 g/mol. The molecule has 0 saturated carbocycles. The van der Waals surface area contributed by atoms with Gasteiger partial charge in [0.15, 0.2) is 0 Å². The van der Waals surface area contributed by atoms with Crippen LogP contribution in [0, 0.1) is 0 Å². The second-order valence-electron chi connectivity index (χ2n) is 8.69. The smallest absolute Gasteiger partial charge is 0.322 e. The fourth-order valence-electron chi connectivity index (χ4n) is 4.54. The fourth-order valence-corrected chi connectivity index (χ4v) is 5.57. The normalized spacial score (nSPS) is 14.7. The van der Waals surface area contributed by atoms with Crippen LogP contribution in [0.4, 0.5) is 10.5 Å². The molecular formula is C28H32ClN3O4S. The number of fused-ring (bicyclic) bond motifs is 1. The van der Waals surface area contributed by atoms with E-state index < -0.39 is 0 Å². The number of amides is 3. The average Bonchev–Trinajstić information content (AvgIpc) is 3.39. The van der Waals surface area contributed by atoms with Crippen molar-refractivity contribution in [3.05, 3.63) is 81.0 Å². The Morgan fingerprint density at radius 1 is 1.16 bits per heavy atom. The van der Waals surface area contributed by atoms with E-state index in [1.165, 1.54) is 4.88 Å². The number of carbonyl (C=O) groups is 2. The number of hydrogen-bond acceptors (Lipinski definition) is 5. The number of carbonyl (C=O) groups excluding carboxylic acids is 2. The summed E-state index contributed by atoms with van der Waals surface area (Å²) in [7, 11) is 1.56. The van der Waals surface area contributed by atoms with Gasteiger partial charge in [-0.05, 0) is 66.6 Å². The maximum atomic E-state index is 13.8. The molecule has 1 atom stereocenters. The van der Waals surface area contributed by atoms with Crippen LogP contribution < -0.4 is 10.1 Å². The summed E-state index contributed by atoms with van der Waals surface area (Å²) in [5, 5.41) is 5.63. The summed E-state index contributed by atoms with van der Waals surface area (Å²) in [5.41, 5.74) is 2.68. The summed E-state index contributed by atoms with van der Waals surface area (Å²) < 4.78 is 10.8. The van der Waals surface area contributed by atoms with Gasteiger partial charge in [-0.3, -0.25) is 4.79 Å². The first-order valence-corrected chi connectivity index (χ1v) is 13.7. The highest BCUT2D eigenvalue weighted by molar-refractivity contribution is 7.10. The number of urea groups is 1. The Balaban J connectivity index is 1.55. The van der Waals surface area contributed by atoms with Gasteiger partial charge in [0.25, 0.3) is 0 Å². The molecule has 1 aliphatic rings. The molecule has 9 heteroatoms. The number of hydrogen-bond donors (Lipinski definition) is 1. The van der Waals surface area contributed by atoms with Gasteiger partial charge in [0.2, 0.25) is 5.91 Å². The lowest BCUT2D eigenvalue weighted by Gasteiger charge is -2.37. The molecule has 1 unspecified atom stereocenters. The Bertz CT molecular complexity index is 1200. The highest BCUT2D eigenvalue weighted by Gasteiger charge is 2.34. The van der Waals surface area contributed by atoms with E-state index in [1.54, 1.807) is 35.5 Å². The molecule has 7 nitrogen and oxygen atoms in total. The van der Waals surface area contributed by atoms with Crippen molar-refractivity contribution in [2.45, 2.75) is 25.8 Å².